The second kappa shape index (κ2) is 9.09. The van der Waals surface area contributed by atoms with Gasteiger partial charge in [0, 0.05) is 5.41 Å². The Balaban J connectivity index is 1.58. The van der Waals surface area contributed by atoms with Gasteiger partial charge in [-0.3, -0.25) is 0 Å². The molecule has 0 radical (unpaired) electrons. The van der Waals surface area contributed by atoms with Gasteiger partial charge in [-0.15, -0.1) is 0 Å². The van der Waals surface area contributed by atoms with E-state index >= 15 is 0 Å². The summed E-state index contributed by atoms with van der Waals surface area (Å²) < 4.78 is 5.79. The lowest BCUT2D eigenvalue weighted by molar-refractivity contribution is -0.291. The third-order valence-corrected chi connectivity index (χ3v) is 15.0. The van der Waals surface area contributed by atoms with Crippen molar-refractivity contribution < 1.29 is 14.6 Å². The number of hydrogen-bond donors (Lipinski definition) is 1. The Kier molecular flexibility index (Phi) is 6.86. The van der Waals surface area contributed by atoms with Gasteiger partial charge in [0.1, 0.15) is 6.61 Å². The summed E-state index contributed by atoms with van der Waals surface area (Å²) in [6.45, 7) is 22.2. The number of carbonyl (C=O) groups is 1. The molecule has 11 atom stereocenters. The van der Waals surface area contributed by atoms with Crippen LogP contribution in [0.15, 0.2) is 12.2 Å². The van der Waals surface area contributed by atoms with Crippen LogP contribution in [0.25, 0.3) is 0 Å². The molecule has 0 aromatic heterocycles. The Morgan fingerprint density at radius 3 is 2.24 bits per heavy atom. The third kappa shape index (κ3) is 3.58. The van der Waals surface area contributed by atoms with Gasteiger partial charge in [-0.2, -0.15) is 0 Å². The lowest BCUT2D eigenvalue weighted by Gasteiger charge is -2.75. The van der Waals surface area contributed by atoms with E-state index in [1.807, 2.05) is 19.1 Å². The minimum Gasteiger partial charge on any atom is -0.459 e. The molecular formula is C35H58O3. The zero-order valence-electron chi connectivity index (χ0n) is 26.2. The summed E-state index contributed by atoms with van der Waals surface area (Å²) in [5.74, 6) is 3.40. The second-order valence-corrected chi connectivity index (χ2v) is 16.5. The van der Waals surface area contributed by atoms with Crippen molar-refractivity contribution in [1.29, 1.82) is 0 Å². The normalized spacial score (nSPS) is 53.8. The van der Waals surface area contributed by atoms with Gasteiger partial charge in [-0.1, -0.05) is 67.5 Å². The molecule has 0 bridgehead atoms. The molecule has 1 unspecified atom stereocenters. The van der Waals surface area contributed by atoms with Gasteiger partial charge in [0.05, 0.1) is 0 Å². The van der Waals surface area contributed by atoms with Gasteiger partial charge >= 0.3 is 5.97 Å². The number of carbonyl (C=O) groups excluding carboxylic acids is 1. The first-order valence-corrected chi connectivity index (χ1v) is 16.1. The van der Waals surface area contributed by atoms with Crippen molar-refractivity contribution in [2.45, 2.75) is 132 Å². The molecule has 3 nitrogen and oxygen atoms in total. The topological polar surface area (TPSA) is 46.5 Å². The molecule has 0 aliphatic heterocycles. The van der Waals surface area contributed by atoms with Gasteiger partial charge in [0.25, 0.3) is 0 Å². The molecule has 5 aliphatic carbocycles. The Morgan fingerprint density at radius 2 is 1.55 bits per heavy atom. The molecule has 216 valence electrons. The minimum atomic E-state index is -1.42. The monoisotopic (exact) mass is 526 g/mol. The molecule has 3 heteroatoms. The van der Waals surface area contributed by atoms with Crippen LogP contribution in [0, 0.1) is 62.6 Å². The van der Waals surface area contributed by atoms with E-state index in [-0.39, 0.29) is 28.8 Å². The van der Waals surface area contributed by atoms with Crippen LogP contribution < -0.4 is 0 Å². The number of rotatable bonds is 3. The summed E-state index contributed by atoms with van der Waals surface area (Å²) in [6.07, 6.45) is 15.3. The molecule has 0 amide bonds. The summed E-state index contributed by atoms with van der Waals surface area (Å²) in [5.41, 5.74) is -0.938. The van der Waals surface area contributed by atoms with E-state index in [9.17, 15) is 9.90 Å². The first-order valence-electron chi connectivity index (χ1n) is 16.1. The van der Waals surface area contributed by atoms with Crippen LogP contribution in [0.1, 0.15) is 127 Å². The third-order valence-electron chi connectivity index (χ3n) is 15.0. The predicted octanol–water partition coefficient (Wildman–Crippen LogP) is 8.59. The van der Waals surface area contributed by atoms with Gasteiger partial charge in [0.2, 0.25) is 0 Å². The van der Waals surface area contributed by atoms with Crippen LogP contribution in [0.5, 0.6) is 0 Å². The van der Waals surface area contributed by atoms with E-state index in [4.69, 9.17) is 4.74 Å². The van der Waals surface area contributed by atoms with Gasteiger partial charge in [0.15, 0.2) is 5.60 Å². The Morgan fingerprint density at radius 1 is 0.842 bits per heavy atom. The van der Waals surface area contributed by atoms with E-state index in [1.165, 1.54) is 38.5 Å². The Bertz CT molecular complexity index is 968. The number of esters is 1. The van der Waals surface area contributed by atoms with Crippen molar-refractivity contribution >= 4 is 5.97 Å². The lowest BCUT2D eigenvalue weighted by atomic mass is 9.30. The summed E-state index contributed by atoms with van der Waals surface area (Å²) in [5, 5.41) is 12.6. The first-order chi connectivity index (χ1) is 17.6. The smallest absolute Gasteiger partial charge is 0.339 e. The molecule has 5 saturated carbocycles. The van der Waals surface area contributed by atoms with Crippen molar-refractivity contribution in [1.82, 2.24) is 0 Å². The average molecular weight is 527 g/mol. The molecule has 0 heterocycles. The number of ether oxygens (including phenoxy) is 1. The summed E-state index contributed by atoms with van der Waals surface area (Å²) in [6, 6.07) is 0. The molecular weight excluding hydrogens is 468 g/mol. The highest BCUT2D eigenvalue weighted by atomic mass is 16.5. The van der Waals surface area contributed by atoms with Crippen LogP contribution in [-0.2, 0) is 9.53 Å². The van der Waals surface area contributed by atoms with Crippen LogP contribution in [0.2, 0.25) is 0 Å². The number of allylic oxidation sites excluding steroid dienone is 1. The minimum absolute atomic E-state index is 0.113. The first kappa shape index (κ1) is 28.7. The number of hydrogen-bond acceptors (Lipinski definition) is 3. The van der Waals surface area contributed by atoms with Crippen molar-refractivity contribution in [3.63, 3.8) is 0 Å². The molecule has 5 fully saturated rings. The van der Waals surface area contributed by atoms with Crippen molar-refractivity contribution in [2.24, 2.45) is 62.6 Å². The molecule has 0 aromatic rings. The SMILES string of the molecule is CC=CCOC(=O)C1(O)CCC(C)(C)[C@@H]2CC[C@]3(C)[C@H](CC[C@@H]4[C@@H]5[C@@H](C)[C@H](C)CC[C@]5(C)CC[C@]43C)[C@]21C. The number of aliphatic hydroxyl groups is 1. The molecule has 5 rings (SSSR count). The van der Waals surface area contributed by atoms with Gasteiger partial charge in [-0.05, 0) is 128 Å². The largest absolute Gasteiger partial charge is 0.459 e. The molecule has 0 aromatic carbocycles. The molecule has 38 heavy (non-hydrogen) atoms. The zero-order chi connectivity index (χ0) is 27.9. The van der Waals surface area contributed by atoms with Crippen LogP contribution in [0.3, 0.4) is 0 Å². The van der Waals surface area contributed by atoms with E-state index in [0.29, 0.717) is 23.7 Å². The molecule has 0 saturated heterocycles. The van der Waals surface area contributed by atoms with Crippen molar-refractivity contribution in [3.8, 4) is 0 Å². The van der Waals surface area contributed by atoms with E-state index < -0.39 is 11.0 Å². The average Bonchev–Trinajstić information content (AvgIpc) is 2.85. The fourth-order valence-electron chi connectivity index (χ4n) is 12.3. The van der Waals surface area contributed by atoms with E-state index in [1.54, 1.807) is 0 Å². The van der Waals surface area contributed by atoms with Crippen LogP contribution in [0.4, 0.5) is 0 Å². The molecule has 1 N–H and O–H groups in total. The highest BCUT2D eigenvalue weighted by molar-refractivity contribution is 5.81. The molecule has 5 aliphatic rings. The van der Waals surface area contributed by atoms with Crippen molar-refractivity contribution in [2.75, 3.05) is 6.61 Å². The van der Waals surface area contributed by atoms with Crippen LogP contribution >= 0.6 is 0 Å². The molecule has 0 spiro atoms. The summed E-state index contributed by atoms with van der Waals surface area (Å²) >= 11 is 0. The maximum Gasteiger partial charge on any atom is 0.339 e. The predicted molar refractivity (Wildman–Crippen MR) is 155 cm³/mol. The van der Waals surface area contributed by atoms with E-state index in [0.717, 1.165) is 42.9 Å². The highest BCUT2D eigenvalue weighted by Gasteiger charge is 2.75. The van der Waals surface area contributed by atoms with Crippen LogP contribution in [-0.4, -0.2) is 23.3 Å². The maximum absolute atomic E-state index is 13.8. The lowest BCUT2D eigenvalue weighted by Crippen LogP contribution is -2.73. The Hall–Kier alpha value is -0.830. The van der Waals surface area contributed by atoms with Gasteiger partial charge in [-0.25, -0.2) is 4.79 Å². The second-order valence-electron chi connectivity index (χ2n) is 16.5. The van der Waals surface area contributed by atoms with Gasteiger partial charge < -0.3 is 9.84 Å². The zero-order valence-corrected chi connectivity index (χ0v) is 26.2. The van der Waals surface area contributed by atoms with E-state index in [2.05, 4.69) is 55.4 Å². The fourth-order valence-corrected chi connectivity index (χ4v) is 12.3. The quantitative estimate of drug-likeness (QED) is 0.296. The Labute approximate surface area is 233 Å². The summed E-state index contributed by atoms with van der Waals surface area (Å²) in [7, 11) is 0. The fraction of sp³-hybridized carbons (Fsp3) is 0.914. The summed E-state index contributed by atoms with van der Waals surface area (Å²) in [4.78, 5) is 13.8. The van der Waals surface area contributed by atoms with Crippen molar-refractivity contribution in [3.05, 3.63) is 12.2 Å². The number of fused-ring (bicyclic) bond motifs is 7. The standard InChI is InChI=1S/C35H58O3/c1-10-11-22-38-29(36)35(37)21-18-30(4,5)26-15-17-33(8)27(34(26,35)9)13-12-25-28-24(3)23(2)14-16-31(28,6)19-20-32(25,33)7/h10-11,23-28,37H,12-22H2,1-9H3/t23-,24+,25-,26+,27+,28+,31-,32-,33-,34+,35?/m1/s1. The highest BCUT2D eigenvalue weighted by Crippen LogP contribution is 2.78. The maximum atomic E-state index is 13.8.